The Balaban J connectivity index is 1.23. The molecule has 1 atom stereocenters. The first-order valence-corrected chi connectivity index (χ1v) is 13.6. The quantitative estimate of drug-likeness (QED) is 0.192. The summed E-state index contributed by atoms with van der Waals surface area (Å²) in [6, 6.07) is 21.6. The first kappa shape index (κ1) is 27.2. The molecule has 0 saturated carbocycles. The van der Waals surface area contributed by atoms with Crippen molar-refractivity contribution in [3.8, 4) is 23.2 Å². The largest absolute Gasteiger partial charge is 0.473 e. The summed E-state index contributed by atoms with van der Waals surface area (Å²) in [5.74, 6) is -0.00895. The molecule has 0 bridgehead atoms. The van der Waals surface area contributed by atoms with Crippen molar-refractivity contribution in [1.82, 2.24) is 14.5 Å². The molecular weight excluding hydrogens is 538 g/mol. The fourth-order valence-corrected chi connectivity index (χ4v) is 4.92. The number of nitriles is 1. The Labute approximate surface area is 241 Å². The summed E-state index contributed by atoms with van der Waals surface area (Å²) in [7, 11) is 0. The molecule has 0 radical (unpaired) electrons. The Morgan fingerprint density at radius 2 is 1.86 bits per heavy atom. The fourth-order valence-electron chi connectivity index (χ4n) is 4.92. The highest BCUT2D eigenvalue weighted by molar-refractivity contribution is 5.97. The van der Waals surface area contributed by atoms with Crippen LogP contribution in [0.25, 0.3) is 22.3 Å². The summed E-state index contributed by atoms with van der Waals surface area (Å²) in [6.07, 6.45) is 1.26. The lowest BCUT2D eigenvalue weighted by atomic mass is 10.1. The fraction of sp³-hybridized carbons (Fsp3) is 0.212. The number of nitrogens with zero attached hydrogens (tertiary/aromatic N) is 4. The summed E-state index contributed by atoms with van der Waals surface area (Å²) >= 11 is 0. The van der Waals surface area contributed by atoms with Crippen LogP contribution in [0.3, 0.4) is 0 Å². The van der Waals surface area contributed by atoms with Gasteiger partial charge >= 0.3 is 0 Å². The number of hydrogen-bond donors (Lipinski definition) is 0. The zero-order chi connectivity index (χ0) is 29.2. The zero-order valence-corrected chi connectivity index (χ0v) is 22.8. The predicted octanol–water partition coefficient (Wildman–Crippen LogP) is 6.41. The minimum Gasteiger partial charge on any atom is -0.473 e. The molecule has 9 heteroatoms. The Morgan fingerprint density at radius 3 is 2.57 bits per heavy atom. The number of aromatic nitrogens is 3. The molecule has 5 aromatic rings. The number of carbonyl (C=O) groups excluding carboxylic acids is 1. The van der Waals surface area contributed by atoms with Gasteiger partial charge in [0.1, 0.15) is 24.1 Å². The van der Waals surface area contributed by atoms with Crippen molar-refractivity contribution in [1.29, 1.82) is 5.26 Å². The molecular formula is C33H26F2N4O3. The minimum atomic E-state index is -0.532. The van der Waals surface area contributed by atoms with Gasteiger partial charge in [-0.25, -0.2) is 18.7 Å². The molecule has 0 aliphatic carbocycles. The average Bonchev–Trinajstić information content (AvgIpc) is 3.31. The van der Waals surface area contributed by atoms with E-state index >= 15 is 4.39 Å². The lowest BCUT2D eigenvalue weighted by molar-refractivity contribution is -0.0589. The topological polar surface area (TPSA) is 90.0 Å². The van der Waals surface area contributed by atoms with Crippen molar-refractivity contribution in [2.24, 2.45) is 0 Å². The molecule has 0 amide bonds. The van der Waals surface area contributed by atoms with E-state index in [4.69, 9.17) is 19.7 Å². The molecule has 210 valence electrons. The van der Waals surface area contributed by atoms with Gasteiger partial charge in [-0.3, -0.25) is 4.79 Å². The Bertz CT molecular complexity index is 1860. The molecule has 2 aromatic heterocycles. The normalized spacial score (nSPS) is 14.4. The maximum absolute atomic E-state index is 15.5. The lowest BCUT2D eigenvalue weighted by Gasteiger charge is -2.27. The lowest BCUT2D eigenvalue weighted by Crippen LogP contribution is -2.31. The van der Waals surface area contributed by atoms with Gasteiger partial charge in [-0.05, 0) is 61.4 Å². The highest BCUT2D eigenvalue weighted by Crippen LogP contribution is 2.27. The van der Waals surface area contributed by atoms with Crippen LogP contribution in [-0.2, 0) is 24.3 Å². The molecule has 1 saturated heterocycles. The third kappa shape index (κ3) is 5.62. The summed E-state index contributed by atoms with van der Waals surface area (Å²) in [5.41, 5.74) is 4.23. The van der Waals surface area contributed by atoms with E-state index < -0.39 is 11.6 Å². The highest BCUT2D eigenvalue weighted by atomic mass is 19.1. The molecule has 1 unspecified atom stereocenters. The number of ether oxygens (including phenoxy) is 2. The number of ketones is 1. The summed E-state index contributed by atoms with van der Waals surface area (Å²) in [5, 5.41) is 8.92. The van der Waals surface area contributed by atoms with Gasteiger partial charge in [-0.1, -0.05) is 24.3 Å². The number of pyridine rings is 1. The van der Waals surface area contributed by atoms with E-state index in [-0.39, 0.29) is 36.4 Å². The second-order valence-electron chi connectivity index (χ2n) is 10.2. The van der Waals surface area contributed by atoms with E-state index in [2.05, 4.69) is 4.98 Å². The number of fused-ring (bicyclic) bond motifs is 1. The van der Waals surface area contributed by atoms with E-state index in [1.165, 1.54) is 25.1 Å². The van der Waals surface area contributed by atoms with Crippen molar-refractivity contribution in [2.45, 2.75) is 39.0 Å². The van der Waals surface area contributed by atoms with Crippen molar-refractivity contribution < 1.29 is 23.0 Å². The third-order valence-electron chi connectivity index (χ3n) is 7.39. The number of carbonyl (C=O) groups is 1. The van der Waals surface area contributed by atoms with Gasteiger partial charge in [-0.2, -0.15) is 5.26 Å². The van der Waals surface area contributed by atoms with Gasteiger partial charge in [0, 0.05) is 35.8 Å². The van der Waals surface area contributed by atoms with Gasteiger partial charge in [0.15, 0.2) is 5.78 Å². The van der Waals surface area contributed by atoms with Crippen molar-refractivity contribution in [3.05, 3.63) is 113 Å². The number of benzene rings is 3. The number of imidazole rings is 1. The van der Waals surface area contributed by atoms with Gasteiger partial charge in [-0.15, -0.1) is 0 Å². The van der Waals surface area contributed by atoms with E-state index in [9.17, 15) is 9.18 Å². The first-order chi connectivity index (χ1) is 20.4. The minimum absolute atomic E-state index is 0.0303. The van der Waals surface area contributed by atoms with Crippen molar-refractivity contribution >= 4 is 16.8 Å². The van der Waals surface area contributed by atoms with Crippen LogP contribution in [0.1, 0.15) is 46.2 Å². The average molecular weight is 565 g/mol. The predicted molar refractivity (Wildman–Crippen MR) is 152 cm³/mol. The molecule has 0 N–H and O–H groups in total. The smallest absolute Gasteiger partial charge is 0.214 e. The van der Waals surface area contributed by atoms with Crippen LogP contribution in [0.2, 0.25) is 0 Å². The van der Waals surface area contributed by atoms with E-state index in [0.717, 1.165) is 23.5 Å². The molecule has 7 nitrogen and oxygen atoms in total. The van der Waals surface area contributed by atoms with E-state index in [1.54, 1.807) is 36.4 Å². The number of Topliss-reactive ketones (excluding diaryl/α,β-unsaturated/α-hetero) is 1. The van der Waals surface area contributed by atoms with E-state index in [1.807, 2.05) is 22.8 Å². The number of rotatable bonds is 9. The number of halogens is 2. The standard InChI is InChI=1S/C33H26F2N4O3/c1-20(40)22-9-10-30-31(15-22)39(18-26-11-12-41-26)32(37-30)16-23-7-8-24(14-28(23)35)29-3-2-4-33(38-29)42-19-25-6-5-21(17-36)13-27(25)34/h2-10,13-15,26H,11-12,16,18-19H2,1H3. The monoisotopic (exact) mass is 564 g/mol. The van der Waals surface area contributed by atoms with Crippen molar-refractivity contribution in [3.63, 3.8) is 0 Å². The zero-order valence-electron chi connectivity index (χ0n) is 22.8. The summed E-state index contributed by atoms with van der Waals surface area (Å²) < 4.78 is 43.0. The Kier molecular flexibility index (Phi) is 7.46. The maximum Gasteiger partial charge on any atom is 0.214 e. The van der Waals surface area contributed by atoms with Crippen LogP contribution < -0.4 is 4.74 Å². The second kappa shape index (κ2) is 11.5. The molecule has 1 aliphatic heterocycles. The SMILES string of the molecule is CC(=O)c1ccc2nc(Cc3ccc(-c4cccc(OCc5ccc(C#N)cc5F)n4)cc3F)n(CC3CCO3)c2c1. The Morgan fingerprint density at radius 1 is 1.05 bits per heavy atom. The maximum atomic E-state index is 15.5. The molecule has 6 rings (SSSR count). The van der Waals surface area contributed by atoms with Crippen LogP contribution in [0.15, 0.2) is 72.8 Å². The van der Waals surface area contributed by atoms with Crippen molar-refractivity contribution in [2.75, 3.05) is 6.61 Å². The molecule has 0 spiro atoms. The van der Waals surface area contributed by atoms with Crippen LogP contribution in [0.5, 0.6) is 5.88 Å². The van der Waals surface area contributed by atoms with Crippen LogP contribution in [0, 0.1) is 23.0 Å². The molecule has 3 heterocycles. The van der Waals surface area contributed by atoms with Gasteiger partial charge < -0.3 is 14.0 Å². The number of hydrogen-bond acceptors (Lipinski definition) is 6. The van der Waals surface area contributed by atoms with Gasteiger partial charge in [0.25, 0.3) is 0 Å². The van der Waals surface area contributed by atoms with E-state index in [0.29, 0.717) is 46.9 Å². The van der Waals surface area contributed by atoms with Gasteiger partial charge in [0.2, 0.25) is 5.88 Å². The first-order valence-electron chi connectivity index (χ1n) is 13.6. The Hall–Kier alpha value is -4.94. The van der Waals surface area contributed by atoms with Crippen LogP contribution in [0.4, 0.5) is 8.78 Å². The summed E-state index contributed by atoms with van der Waals surface area (Å²) in [6.45, 7) is 2.76. The molecule has 1 aliphatic rings. The second-order valence-corrected chi connectivity index (χ2v) is 10.2. The molecule has 1 fully saturated rings. The van der Waals surface area contributed by atoms with Crippen LogP contribution >= 0.6 is 0 Å². The van der Waals surface area contributed by atoms with Crippen LogP contribution in [-0.4, -0.2) is 33.0 Å². The third-order valence-corrected chi connectivity index (χ3v) is 7.39. The van der Waals surface area contributed by atoms with Gasteiger partial charge in [0.05, 0.1) is 41.0 Å². The summed E-state index contributed by atoms with van der Waals surface area (Å²) in [4.78, 5) is 21.2. The molecule has 3 aromatic carbocycles. The molecule has 42 heavy (non-hydrogen) atoms. The highest BCUT2D eigenvalue weighted by Gasteiger charge is 2.23.